The monoisotopic (exact) mass is 537 g/mol. The maximum absolute atomic E-state index is 12.1. The molecule has 0 radical (unpaired) electrons. The van der Waals surface area contributed by atoms with Gasteiger partial charge in [-0.2, -0.15) is 0 Å². The molecule has 5 aromatic rings. The number of aromatic nitrogens is 5. The zero-order valence-electron chi connectivity index (χ0n) is 22.2. The van der Waals surface area contributed by atoms with E-state index >= 15 is 0 Å². The van der Waals surface area contributed by atoms with Crippen LogP contribution in [0.15, 0.2) is 73.3 Å². The first kappa shape index (κ1) is 26.3. The van der Waals surface area contributed by atoms with Crippen LogP contribution in [0, 0.1) is 0 Å². The summed E-state index contributed by atoms with van der Waals surface area (Å²) < 4.78 is 13.5. The first-order valence-corrected chi connectivity index (χ1v) is 12.2. The SMILES string of the molecule is C=C(C)C(=O)Nc1ccc(-c2c(-c3ccc(Oc4ncc(CO)cn4)c(OC)c3)c3c(N)ncnc3n2C)cc1. The number of aliphatic hydroxyl groups excluding tert-OH is 1. The van der Waals surface area contributed by atoms with Crippen molar-refractivity contribution in [3.05, 3.63) is 78.9 Å². The molecule has 0 aliphatic rings. The fourth-order valence-corrected chi connectivity index (χ4v) is 4.33. The standard InChI is InChI=1S/C29H27N7O4/c1-16(2)28(38)35-20-8-5-18(6-9-20)25-23(24-26(30)33-15-34-27(24)36(25)3)19-7-10-21(22(11-19)39-4)40-29-31-12-17(14-37)13-32-29/h5-13,15,37H,1,14H2,2-4H3,(H,35,38)(H2,30,33,34). The number of nitrogen functional groups attached to an aromatic ring is 1. The van der Waals surface area contributed by atoms with Gasteiger partial charge in [0.25, 0.3) is 5.91 Å². The molecule has 40 heavy (non-hydrogen) atoms. The molecule has 0 bridgehead atoms. The predicted octanol–water partition coefficient (Wildman–Crippen LogP) is 4.48. The fraction of sp³-hybridized carbons (Fsp3) is 0.138. The third kappa shape index (κ3) is 4.93. The van der Waals surface area contributed by atoms with Crippen LogP contribution in [-0.4, -0.2) is 42.6 Å². The number of hydrogen-bond donors (Lipinski definition) is 3. The van der Waals surface area contributed by atoms with E-state index in [9.17, 15) is 9.90 Å². The molecule has 2 aromatic carbocycles. The van der Waals surface area contributed by atoms with Gasteiger partial charge in [-0.05, 0) is 42.3 Å². The molecule has 3 aromatic heterocycles. The van der Waals surface area contributed by atoms with Crippen molar-refractivity contribution in [3.63, 3.8) is 0 Å². The molecule has 0 fully saturated rings. The number of fused-ring (bicyclic) bond motifs is 1. The highest BCUT2D eigenvalue weighted by Crippen LogP contribution is 2.44. The number of rotatable bonds is 8. The average Bonchev–Trinajstić information content (AvgIpc) is 3.27. The Morgan fingerprint density at radius 1 is 1.05 bits per heavy atom. The molecule has 3 heterocycles. The number of aryl methyl sites for hydroxylation is 1. The van der Waals surface area contributed by atoms with Crippen molar-refractivity contribution in [3.8, 4) is 39.9 Å². The van der Waals surface area contributed by atoms with Gasteiger partial charge in [-0.25, -0.2) is 19.9 Å². The second kappa shape index (κ2) is 10.8. The summed E-state index contributed by atoms with van der Waals surface area (Å²) in [5.74, 6) is 0.948. The van der Waals surface area contributed by atoms with E-state index in [1.54, 1.807) is 20.1 Å². The van der Waals surface area contributed by atoms with E-state index in [4.69, 9.17) is 15.2 Å². The molecule has 11 heteroatoms. The van der Waals surface area contributed by atoms with Crippen LogP contribution in [0.3, 0.4) is 0 Å². The number of ether oxygens (including phenoxy) is 2. The molecular weight excluding hydrogens is 510 g/mol. The summed E-state index contributed by atoms with van der Waals surface area (Å²) in [5.41, 5.74) is 12.0. The first-order chi connectivity index (χ1) is 19.3. The molecule has 0 aliphatic carbocycles. The number of nitrogens with one attached hydrogen (secondary N) is 1. The van der Waals surface area contributed by atoms with E-state index in [0.717, 1.165) is 22.4 Å². The zero-order chi connectivity index (χ0) is 28.4. The molecule has 0 saturated carbocycles. The van der Waals surface area contributed by atoms with Gasteiger partial charge in [-0.15, -0.1) is 0 Å². The minimum atomic E-state index is -0.245. The van der Waals surface area contributed by atoms with Gasteiger partial charge < -0.3 is 30.2 Å². The number of carbonyl (C=O) groups excluding carboxylic acids is 1. The Morgan fingerprint density at radius 3 is 2.40 bits per heavy atom. The number of anilines is 2. The van der Waals surface area contributed by atoms with Crippen LogP contribution >= 0.6 is 0 Å². The van der Waals surface area contributed by atoms with Crippen LogP contribution in [-0.2, 0) is 18.4 Å². The highest BCUT2D eigenvalue weighted by molar-refractivity contribution is 6.08. The van der Waals surface area contributed by atoms with Crippen LogP contribution in [0.2, 0.25) is 0 Å². The summed E-state index contributed by atoms with van der Waals surface area (Å²) in [6.07, 6.45) is 4.41. The number of aliphatic hydroxyl groups is 1. The van der Waals surface area contributed by atoms with E-state index in [2.05, 4.69) is 31.8 Å². The molecule has 202 valence electrons. The largest absolute Gasteiger partial charge is 0.493 e. The number of carbonyl (C=O) groups is 1. The molecule has 0 atom stereocenters. The number of methoxy groups -OCH3 is 1. The van der Waals surface area contributed by atoms with E-state index in [1.165, 1.54) is 18.7 Å². The minimum absolute atomic E-state index is 0.116. The lowest BCUT2D eigenvalue weighted by Crippen LogP contribution is -2.11. The van der Waals surface area contributed by atoms with Gasteiger partial charge in [-0.1, -0.05) is 24.8 Å². The lowest BCUT2D eigenvalue weighted by Gasteiger charge is -2.13. The summed E-state index contributed by atoms with van der Waals surface area (Å²) in [7, 11) is 3.45. The smallest absolute Gasteiger partial charge is 0.322 e. The summed E-state index contributed by atoms with van der Waals surface area (Å²) in [6.45, 7) is 5.17. The Balaban J connectivity index is 1.61. The summed E-state index contributed by atoms with van der Waals surface area (Å²) >= 11 is 0. The van der Waals surface area contributed by atoms with Gasteiger partial charge in [0.15, 0.2) is 11.5 Å². The molecular formula is C29H27N7O4. The summed E-state index contributed by atoms with van der Waals surface area (Å²) in [6, 6.07) is 13.1. The van der Waals surface area contributed by atoms with E-state index in [-0.39, 0.29) is 18.5 Å². The van der Waals surface area contributed by atoms with Crippen molar-refractivity contribution in [2.45, 2.75) is 13.5 Å². The maximum atomic E-state index is 12.1. The fourth-order valence-electron chi connectivity index (χ4n) is 4.33. The van der Waals surface area contributed by atoms with Gasteiger partial charge in [0, 0.05) is 41.8 Å². The van der Waals surface area contributed by atoms with Gasteiger partial charge >= 0.3 is 6.01 Å². The number of hydrogen-bond acceptors (Lipinski definition) is 9. The first-order valence-electron chi connectivity index (χ1n) is 12.2. The van der Waals surface area contributed by atoms with Crippen molar-refractivity contribution in [2.75, 3.05) is 18.2 Å². The Kier molecular flexibility index (Phi) is 7.13. The number of nitrogens with two attached hydrogens (primary N) is 1. The molecule has 1 amide bonds. The zero-order valence-corrected chi connectivity index (χ0v) is 22.2. The van der Waals surface area contributed by atoms with E-state index in [0.29, 0.717) is 45.2 Å². The quantitative estimate of drug-likeness (QED) is 0.243. The van der Waals surface area contributed by atoms with Crippen LogP contribution in [0.1, 0.15) is 12.5 Å². The summed E-state index contributed by atoms with van der Waals surface area (Å²) in [4.78, 5) is 29.1. The second-order valence-electron chi connectivity index (χ2n) is 9.05. The normalized spacial score (nSPS) is 10.9. The van der Waals surface area contributed by atoms with Crippen molar-refractivity contribution < 1.29 is 19.4 Å². The highest BCUT2D eigenvalue weighted by atomic mass is 16.5. The number of benzene rings is 2. The van der Waals surface area contributed by atoms with Crippen molar-refractivity contribution in [2.24, 2.45) is 7.05 Å². The van der Waals surface area contributed by atoms with Crippen LogP contribution in [0.4, 0.5) is 11.5 Å². The molecule has 0 saturated heterocycles. The second-order valence-corrected chi connectivity index (χ2v) is 9.05. The minimum Gasteiger partial charge on any atom is -0.493 e. The van der Waals surface area contributed by atoms with Gasteiger partial charge in [0.2, 0.25) is 0 Å². The molecule has 5 rings (SSSR count). The Labute approximate surface area is 230 Å². The molecule has 0 unspecified atom stereocenters. The van der Waals surface area contributed by atoms with Gasteiger partial charge in [0.05, 0.1) is 24.8 Å². The van der Waals surface area contributed by atoms with E-state index in [1.807, 2.05) is 48.0 Å². The van der Waals surface area contributed by atoms with Crippen molar-refractivity contribution in [1.82, 2.24) is 24.5 Å². The average molecular weight is 538 g/mol. The number of amides is 1. The maximum Gasteiger partial charge on any atom is 0.322 e. The van der Waals surface area contributed by atoms with Gasteiger partial charge in [0.1, 0.15) is 17.8 Å². The van der Waals surface area contributed by atoms with Crippen LogP contribution in [0.5, 0.6) is 17.5 Å². The van der Waals surface area contributed by atoms with Crippen LogP contribution in [0.25, 0.3) is 33.4 Å². The molecule has 11 nitrogen and oxygen atoms in total. The molecule has 4 N–H and O–H groups in total. The van der Waals surface area contributed by atoms with E-state index < -0.39 is 0 Å². The predicted molar refractivity (Wildman–Crippen MR) is 152 cm³/mol. The summed E-state index contributed by atoms with van der Waals surface area (Å²) in [5, 5.41) is 12.7. The Morgan fingerprint density at radius 2 is 1.75 bits per heavy atom. The van der Waals surface area contributed by atoms with Gasteiger partial charge in [-0.3, -0.25) is 4.79 Å². The highest BCUT2D eigenvalue weighted by Gasteiger charge is 2.23. The lowest BCUT2D eigenvalue weighted by atomic mass is 9.98. The Hall–Kier alpha value is -5.29. The van der Waals surface area contributed by atoms with Crippen molar-refractivity contribution >= 4 is 28.4 Å². The molecule has 0 aliphatic heterocycles. The Bertz CT molecular complexity index is 1730. The topological polar surface area (TPSA) is 150 Å². The third-order valence-electron chi connectivity index (χ3n) is 6.32. The number of nitrogens with zero attached hydrogens (tertiary/aromatic N) is 5. The van der Waals surface area contributed by atoms with Crippen LogP contribution < -0.4 is 20.5 Å². The third-order valence-corrected chi connectivity index (χ3v) is 6.32. The molecule has 0 spiro atoms. The lowest BCUT2D eigenvalue weighted by molar-refractivity contribution is -0.112. The van der Waals surface area contributed by atoms with Crippen molar-refractivity contribution in [1.29, 1.82) is 0 Å².